The maximum Gasteiger partial charge on any atom is 0.222 e. The van der Waals surface area contributed by atoms with Crippen molar-refractivity contribution in [2.45, 2.75) is 76.0 Å². The summed E-state index contributed by atoms with van der Waals surface area (Å²) in [5.41, 5.74) is 7.44. The number of hydrogen-bond donors (Lipinski definition) is 0. The van der Waals surface area contributed by atoms with Crippen LogP contribution >= 0.6 is 11.8 Å². The highest BCUT2D eigenvalue weighted by Gasteiger charge is 2.33. The lowest BCUT2D eigenvalue weighted by Crippen LogP contribution is -2.32. The summed E-state index contributed by atoms with van der Waals surface area (Å²) in [7, 11) is 2.23. The first kappa shape index (κ1) is 24.2. The third-order valence-electron chi connectivity index (χ3n) is 8.93. The van der Waals surface area contributed by atoms with Gasteiger partial charge in [0.2, 0.25) is 5.69 Å². The van der Waals surface area contributed by atoms with E-state index in [0.29, 0.717) is 0 Å². The molecule has 4 aromatic carbocycles. The van der Waals surface area contributed by atoms with Gasteiger partial charge in [0, 0.05) is 15.9 Å². The Morgan fingerprint density at radius 1 is 0.868 bits per heavy atom. The minimum absolute atomic E-state index is 0.203. The molecule has 2 heteroatoms. The number of nitrogens with zero attached hydrogens (tertiary/aromatic N) is 1. The van der Waals surface area contributed by atoms with Gasteiger partial charge in [0.05, 0.1) is 10.9 Å². The first-order valence-electron chi connectivity index (χ1n) is 14.4. The van der Waals surface area contributed by atoms with E-state index in [1.165, 1.54) is 102 Å². The lowest BCUT2D eigenvalue weighted by atomic mass is 9.83. The Morgan fingerprint density at radius 2 is 1.63 bits per heavy atom. The Labute approximate surface area is 231 Å². The molecule has 2 heterocycles. The molecule has 0 spiro atoms. The second-order valence-corrected chi connectivity index (χ2v) is 14.1. The van der Waals surface area contributed by atoms with Crippen molar-refractivity contribution in [3.8, 4) is 11.3 Å². The SMILES string of the molecule is Cc1c2c(c(CC(C)(C)C)c3ccccc13)Sc1c3ccc(CC4CCCC4)cc3cc3cc[n+](C)c-2c13. The van der Waals surface area contributed by atoms with Gasteiger partial charge in [0.15, 0.2) is 6.20 Å². The van der Waals surface area contributed by atoms with Crippen LogP contribution in [0.15, 0.2) is 70.6 Å². The van der Waals surface area contributed by atoms with E-state index in [1.807, 2.05) is 11.8 Å². The van der Waals surface area contributed by atoms with Crippen molar-refractivity contribution in [2.75, 3.05) is 0 Å². The summed E-state index contributed by atoms with van der Waals surface area (Å²) >= 11 is 2.03. The second-order valence-electron chi connectivity index (χ2n) is 13.0. The van der Waals surface area contributed by atoms with Crippen molar-refractivity contribution in [1.29, 1.82) is 0 Å². The molecule has 38 heavy (non-hydrogen) atoms. The van der Waals surface area contributed by atoms with Crippen LogP contribution in [0.2, 0.25) is 0 Å². The van der Waals surface area contributed by atoms with Crippen LogP contribution in [0.5, 0.6) is 0 Å². The lowest BCUT2D eigenvalue weighted by Gasteiger charge is -2.28. The number of pyridine rings is 1. The van der Waals surface area contributed by atoms with Crippen LogP contribution in [-0.2, 0) is 19.9 Å². The third-order valence-corrected chi connectivity index (χ3v) is 10.2. The highest BCUT2D eigenvalue weighted by molar-refractivity contribution is 8.00. The van der Waals surface area contributed by atoms with Crippen LogP contribution < -0.4 is 4.57 Å². The maximum atomic E-state index is 2.49. The molecule has 7 rings (SSSR count). The largest absolute Gasteiger partial charge is 0.222 e. The fraction of sp³-hybridized carbons (Fsp3) is 0.361. The van der Waals surface area contributed by atoms with Gasteiger partial charge < -0.3 is 0 Å². The number of fused-ring (bicyclic) bond motifs is 5. The van der Waals surface area contributed by atoms with E-state index in [1.54, 1.807) is 0 Å². The van der Waals surface area contributed by atoms with Crippen LogP contribution in [0, 0.1) is 18.3 Å². The minimum atomic E-state index is 0.203. The smallest absolute Gasteiger partial charge is 0.200 e. The van der Waals surface area contributed by atoms with E-state index < -0.39 is 0 Å². The second kappa shape index (κ2) is 8.85. The van der Waals surface area contributed by atoms with Crippen LogP contribution in [-0.4, -0.2) is 0 Å². The first-order valence-corrected chi connectivity index (χ1v) is 15.2. The summed E-state index contributed by atoms with van der Waals surface area (Å²) in [5.74, 6) is 0.870. The summed E-state index contributed by atoms with van der Waals surface area (Å²) in [6.45, 7) is 9.45. The van der Waals surface area contributed by atoms with Crippen LogP contribution in [0.4, 0.5) is 0 Å². The molecule has 0 atom stereocenters. The van der Waals surface area contributed by atoms with Crippen molar-refractivity contribution in [3.63, 3.8) is 0 Å². The molecular weight excluding hydrogens is 478 g/mol. The summed E-state index contributed by atoms with van der Waals surface area (Å²) in [6, 6.07) is 21.2. The zero-order valence-electron chi connectivity index (χ0n) is 23.4. The molecule has 1 saturated carbocycles. The maximum absolute atomic E-state index is 2.49. The topological polar surface area (TPSA) is 3.88 Å². The number of aromatic nitrogens is 1. The number of rotatable bonds is 3. The Bertz CT molecular complexity index is 1750. The molecule has 0 bridgehead atoms. The standard InChI is InChI=1S/C36H38NS/c1-22-27-12-8-9-13-29(27)30(21-36(2,3)4)35-31(22)33-32-25(16-17-37(33)5)20-26-19-24(18-23-10-6-7-11-23)14-15-28(26)34(32)38-35/h8-9,12-17,19-20,23H,6-7,10-11,18,21H2,1-5H3/q+1. The molecular formula is C36H38NS+. The van der Waals surface area contributed by atoms with Crippen LogP contribution in [0.25, 0.3) is 43.6 Å². The van der Waals surface area contributed by atoms with E-state index in [4.69, 9.17) is 0 Å². The molecule has 2 aliphatic rings. The number of aryl methyl sites for hydroxylation is 2. The highest BCUT2D eigenvalue weighted by Crippen LogP contribution is 2.54. The van der Waals surface area contributed by atoms with E-state index in [2.05, 4.69) is 100 Å². The Balaban J connectivity index is 1.52. The third kappa shape index (κ3) is 3.87. The number of hydrogen-bond acceptors (Lipinski definition) is 1. The van der Waals surface area contributed by atoms with Gasteiger partial charge in [0.25, 0.3) is 0 Å². The predicted molar refractivity (Wildman–Crippen MR) is 163 cm³/mol. The molecule has 1 nitrogen and oxygen atoms in total. The monoisotopic (exact) mass is 516 g/mol. The Hall–Kier alpha value is -2.84. The zero-order chi connectivity index (χ0) is 26.2. The van der Waals surface area contributed by atoms with Crippen molar-refractivity contribution in [2.24, 2.45) is 18.4 Å². The fourth-order valence-electron chi connectivity index (χ4n) is 7.20. The van der Waals surface area contributed by atoms with E-state index in [9.17, 15) is 0 Å². The van der Waals surface area contributed by atoms with Gasteiger partial charge >= 0.3 is 0 Å². The van der Waals surface area contributed by atoms with Crippen molar-refractivity contribution >= 4 is 44.1 Å². The van der Waals surface area contributed by atoms with Gasteiger partial charge in [-0.05, 0) is 80.8 Å². The lowest BCUT2D eigenvalue weighted by molar-refractivity contribution is -0.659. The van der Waals surface area contributed by atoms with Crippen molar-refractivity contribution in [1.82, 2.24) is 0 Å². The molecule has 1 aliphatic heterocycles. The fourth-order valence-corrected chi connectivity index (χ4v) is 8.68. The molecule has 1 aromatic heterocycles. The summed E-state index contributed by atoms with van der Waals surface area (Å²) in [4.78, 5) is 2.91. The molecule has 0 amide bonds. The molecule has 1 aliphatic carbocycles. The Kier molecular flexibility index (Phi) is 5.64. The normalized spacial score (nSPS) is 15.6. The predicted octanol–water partition coefficient (Wildman–Crippen LogP) is 9.73. The average molecular weight is 517 g/mol. The molecule has 0 radical (unpaired) electrons. The van der Waals surface area contributed by atoms with Gasteiger partial charge in [-0.15, -0.1) is 0 Å². The number of benzene rings is 4. The summed E-state index contributed by atoms with van der Waals surface area (Å²) < 4.78 is 2.37. The van der Waals surface area contributed by atoms with Gasteiger partial charge in [-0.1, -0.05) is 101 Å². The first-order chi connectivity index (χ1) is 18.3. The van der Waals surface area contributed by atoms with Gasteiger partial charge in [0.1, 0.15) is 7.05 Å². The Morgan fingerprint density at radius 3 is 2.39 bits per heavy atom. The molecule has 5 aromatic rings. The van der Waals surface area contributed by atoms with Crippen molar-refractivity contribution in [3.05, 3.63) is 77.5 Å². The van der Waals surface area contributed by atoms with E-state index in [0.717, 1.165) is 12.3 Å². The summed E-state index contributed by atoms with van der Waals surface area (Å²) in [5, 5.41) is 8.40. The highest BCUT2D eigenvalue weighted by atomic mass is 32.2. The minimum Gasteiger partial charge on any atom is -0.200 e. The zero-order valence-corrected chi connectivity index (χ0v) is 24.3. The average Bonchev–Trinajstić information content (AvgIpc) is 3.40. The van der Waals surface area contributed by atoms with Crippen molar-refractivity contribution < 1.29 is 4.57 Å². The molecule has 0 unspecified atom stereocenters. The summed E-state index contributed by atoms with van der Waals surface area (Å²) in [6.07, 6.45) is 10.2. The quantitative estimate of drug-likeness (QED) is 0.167. The molecule has 1 fully saturated rings. The van der Waals surface area contributed by atoms with Gasteiger partial charge in [-0.25, -0.2) is 4.57 Å². The molecule has 0 N–H and O–H groups in total. The molecule has 192 valence electrons. The van der Waals surface area contributed by atoms with Crippen LogP contribution in [0.1, 0.15) is 63.1 Å². The molecule has 0 saturated heterocycles. The van der Waals surface area contributed by atoms with E-state index >= 15 is 0 Å². The van der Waals surface area contributed by atoms with Gasteiger partial charge in [-0.2, -0.15) is 0 Å². The van der Waals surface area contributed by atoms with Gasteiger partial charge in [-0.3, -0.25) is 0 Å². The van der Waals surface area contributed by atoms with Crippen LogP contribution in [0.3, 0.4) is 0 Å². The van der Waals surface area contributed by atoms with E-state index in [-0.39, 0.29) is 5.41 Å².